The minimum atomic E-state index is -0.262. The lowest BCUT2D eigenvalue weighted by atomic mass is 10.1. The van der Waals surface area contributed by atoms with Crippen LogP contribution in [0.5, 0.6) is 0 Å². The monoisotopic (exact) mass is 382 g/mol. The fourth-order valence-electron chi connectivity index (χ4n) is 4.32. The van der Waals surface area contributed by atoms with E-state index in [2.05, 4.69) is 28.6 Å². The van der Waals surface area contributed by atoms with E-state index in [0.717, 1.165) is 42.0 Å². The molecule has 0 aliphatic carbocycles. The van der Waals surface area contributed by atoms with Crippen LogP contribution in [0.15, 0.2) is 30.3 Å². The third-order valence-corrected chi connectivity index (χ3v) is 5.51. The number of hydrogen-bond donors (Lipinski definition) is 2. The summed E-state index contributed by atoms with van der Waals surface area (Å²) in [6, 6.07) is 9.85. The third-order valence-electron chi connectivity index (χ3n) is 5.51. The van der Waals surface area contributed by atoms with Crippen LogP contribution in [0.4, 0.5) is 5.69 Å². The van der Waals surface area contributed by atoms with Crippen LogP contribution in [-0.2, 0) is 11.3 Å². The first-order valence-corrected chi connectivity index (χ1v) is 9.90. The number of aromatic nitrogens is 1. The topological polar surface area (TPSA) is 80.4 Å². The normalized spacial score (nSPS) is 17.2. The van der Waals surface area contributed by atoms with Gasteiger partial charge < -0.3 is 15.6 Å². The minimum absolute atomic E-state index is 0.103. The average Bonchev–Trinajstić information content (AvgIpc) is 3.19. The van der Waals surface area contributed by atoms with E-state index < -0.39 is 0 Å². The summed E-state index contributed by atoms with van der Waals surface area (Å²) >= 11 is 0. The molecule has 28 heavy (non-hydrogen) atoms. The lowest BCUT2D eigenvalue weighted by Gasteiger charge is -2.22. The van der Waals surface area contributed by atoms with Crippen LogP contribution >= 0.6 is 0 Å². The van der Waals surface area contributed by atoms with E-state index in [9.17, 15) is 9.59 Å². The van der Waals surface area contributed by atoms with Gasteiger partial charge in [0.15, 0.2) is 0 Å². The highest BCUT2D eigenvalue weighted by molar-refractivity contribution is 6.05. The summed E-state index contributed by atoms with van der Waals surface area (Å²) in [4.78, 5) is 26.5. The molecule has 1 aromatic carbocycles. The third kappa shape index (κ3) is 4.12. The molecule has 6 nitrogen and oxygen atoms in total. The van der Waals surface area contributed by atoms with Crippen LogP contribution in [0.2, 0.25) is 0 Å². The second kappa shape index (κ2) is 8.19. The van der Waals surface area contributed by atoms with Crippen LogP contribution < -0.4 is 11.1 Å². The maximum atomic E-state index is 12.8. The lowest BCUT2D eigenvalue weighted by molar-refractivity contribution is -0.122. The Morgan fingerprint density at radius 3 is 2.64 bits per heavy atom. The van der Waals surface area contributed by atoms with E-state index >= 15 is 0 Å². The molecule has 0 bridgehead atoms. The summed E-state index contributed by atoms with van der Waals surface area (Å²) in [6.45, 7) is 9.75. The van der Waals surface area contributed by atoms with Crippen molar-refractivity contribution in [1.82, 2.24) is 9.47 Å². The van der Waals surface area contributed by atoms with Gasteiger partial charge in [0.25, 0.3) is 5.91 Å². The molecule has 1 fully saturated rings. The SMILES string of the molecule is Cc1cc(C(=O)Nc2cccc(CN3CCCC3C(N)=O)c2)c(C)n1C(C)C. The smallest absolute Gasteiger partial charge is 0.257 e. The molecule has 0 radical (unpaired) electrons. The van der Waals surface area contributed by atoms with E-state index in [1.165, 1.54) is 0 Å². The van der Waals surface area contributed by atoms with Crippen molar-refractivity contribution in [3.63, 3.8) is 0 Å². The maximum Gasteiger partial charge on any atom is 0.257 e. The minimum Gasteiger partial charge on any atom is -0.368 e. The summed E-state index contributed by atoms with van der Waals surface area (Å²) < 4.78 is 2.17. The first-order valence-electron chi connectivity index (χ1n) is 9.90. The van der Waals surface area contributed by atoms with E-state index in [4.69, 9.17) is 5.73 Å². The number of benzene rings is 1. The van der Waals surface area contributed by atoms with Gasteiger partial charge in [-0.1, -0.05) is 12.1 Å². The van der Waals surface area contributed by atoms with Crippen LogP contribution in [0.3, 0.4) is 0 Å². The zero-order valence-corrected chi connectivity index (χ0v) is 17.2. The Bertz CT molecular complexity index is 885. The molecule has 3 rings (SSSR count). The summed E-state index contributed by atoms with van der Waals surface area (Å²) in [5, 5.41) is 3.02. The Morgan fingerprint density at radius 1 is 1.25 bits per heavy atom. The molecule has 1 unspecified atom stereocenters. The number of carbonyl (C=O) groups is 2. The van der Waals surface area contributed by atoms with E-state index in [-0.39, 0.29) is 17.9 Å². The highest BCUT2D eigenvalue weighted by atomic mass is 16.2. The Balaban J connectivity index is 1.74. The van der Waals surface area contributed by atoms with Gasteiger partial charge in [0.2, 0.25) is 5.91 Å². The molecule has 6 heteroatoms. The predicted molar refractivity (Wildman–Crippen MR) is 111 cm³/mol. The van der Waals surface area contributed by atoms with E-state index in [1.54, 1.807) is 0 Å². The zero-order chi connectivity index (χ0) is 20.4. The number of amides is 2. The van der Waals surface area contributed by atoms with Crippen molar-refractivity contribution < 1.29 is 9.59 Å². The van der Waals surface area contributed by atoms with Crippen LogP contribution in [0.25, 0.3) is 0 Å². The standard InChI is InChI=1S/C22H30N4O2/c1-14(2)26-15(3)11-19(16(26)4)22(28)24-18-8-5-7-17(12-18)13-25-10-6-9-20(25)21(23)27/h5,7-8,11-12,14,20H,6,9-10,13H2,1-4H3,(H2,23,27)(H,24,28). The van der Waals surface area contributed by atoms with Gasteiger partial charge in [0.05, 0.1) is 11.6 Å². The number of carbonyl (C=O) groups excluding carboxylic acids is 2. The van der Waals surface area contributed by atoms with Crippen molar-refractivity contribution in [3.05, 3.63) is 52.8 Å². The average molecular weight is 383 g/mol. The summed E-state index contributed by atoms with van der Waals surface area (Å²) in [5.74, 6) is -0.365. The van der Waals surface area contributed by atoms with Crippen molar-refractivity contribution >= 4 is 17.5 Å². The highest BCUT2D eigenvalue weighted by Crippen LogP contribution is 2.23. The number of likely N-dealkylation sites (tertiary alicyclic amines) is 1. The molecule has 1 saturated heterocycles. The first-order chi connectivity index (χ1) is 13.3. The molecule has 1 aromatic heterocycles. The van der Waals surface area contributed by atoms with Gasteiger partial charge in [-0.3, -0.25) is 14.5 Å². The molecule has 1 atom stereocenters. The van der Waals surface area contributed by atoms with E-state index in [1.807, 2.05) is 44.2 Å². The van der Waals surface area contributed by atoms with Crippen molar-refractivity contribution in [2.45, 2.75) is 59.2 Å². The van der Waals surface area contributed by atoms with Crippen molar-refractivity contribution in [2.24, 2.45) is 5.73 Å². The first kappa shape index (κ1) is 20.1. The van der Waals surface area contributed by atoms with E-state index in [0.29, 0.717) is 18.2 Å². The van der Waals surface area contributed by atoms with Gasteiger partial charge in [0, 0.05) is 29.7 Å². The van der Waals surface area contributed by atoms with Gasteiger partial charge in [-0.2, -0.15) is 0 Å². The molecule has 2 amide bonds. The van der Waals surface area contributed by atoms with Crippen LogP contribution in [-0.4, -0.2) is 33.9 Å². The lowest BCUT2D eigenvalue weighted by Crippen LogP contribution is -2.39. The molecule has 2 aromatic rings. The number of hydrogen-bond acceptors (Lipinski definition) is 3. The molecule has 0 spiro atoms. The molecule has 0 saturated carbocycles. The molecule has 1 aliphatic heterocycles. The Morgan fingerprint density at radius 2 is 2.00 bits per heavy atom. The van der Waals surface area contributed by atoms with Gasteiger partial charge >= 0.3 is 0 Å². The Labute approximate surface area is 166 Å². The number of anilines is 1. The molecular weight excluding hydrogens is 352 g/mol. The summed E-state index contributed by atoms with van der Waals surface area (Å²) in [6.07, 6.45) is 1.80. The Hall–Kier alpha value is -2.60. The molecule has 2 heterocycles. The number of rotatable bonds is 6. The second-order valence-electron chi connectivity index (χ2n) is 7.93. The molecule has 1 aliphatic rings. The number of nitrogens with zero attached hydrogens (tertiary/aromatic N) is 2. The van der Waals surface area contributed by atoms with Crippen molar-refractivity contribution in [3.8, 4) is 0 Å². The highest BCUT2D eigenvalue weighted by Gasteiger charge is 2.28. The van der Waals surface area contributed by atoms with Crippen LogP contribution in [0, 0.1) is 13.8 Å². The van der Waals surface area contributed by atoms with Crippen molar-refractivity contribution in [1.29, 1.82) is 0 Å². The summed E-state index contributed by atoms with van der Waals surface area (Å²) in [7, 11) is 0. The molecular formula is C22H30N4O2. The number of nitrogens with one attached hydrogen (secondary N) is 1. The fourth-order valence-corrected chi connectivity index (χ4v) is 4.32. The maximum absolute atomic E-state index is 12.8. The number of nitrogens with two attached hydrogens (primary N) is 1. The summed E-state index contributed by atoms with van der Waals surface area (Å²) in [5.41, 5.74) is 10.1. The van der Waals surface area contributed by atoms with Gasteiger partial charge in [-0.15, -0.1) is 0 Å². The molecule has 3 N–H and O–H groups in total. The van der Waals surface area contributed by atoms with Crippen molar-refractivity contribution in [2.75, 3.05) is 11.9 Å². The second-order valence-corrected chi connectivity index (χ2v) is 7.93. The zero-order valence-electron chi connectivity index (χ0n) is 17.2. The van der Waals surface area contributed by atoms with Gasteiger partial charge in [0.1, 0.15) is 0 Å². The number of aryl methyl sites for hydroxylation is 1. The fraction of sp³-hybridized carbons (Fsp3) is 0.455. The van der Waals surface area contributed by atoms with Gasteiger partial charge in [-0.25, -0.2) is 0 Å². The van der Waals surface area contributed by atoms with Gasteiger partial charge in [-0.05, 0) is 70.8 Å². The van der Waals surface area contributed by atoms with Crippen LogP contribution in [0.1, 0.15) is 60.0 Å². The molecule has 150 valence electrons. The predicted octanol–water partition coefficient (Wildman–Crippen LogP) is 3.39. The number of primary amides is 1. The Kier molecular flexibility index (Phi) is 5.89. The quantitative estimate of drug-likeness (QED) is 0.804. The largest absolute Gasteiger partial charge is 0.368 e.